The highest BCUT2D eigenvalue weighted by Gasteiger charge is 2.23. The van der Waals surface area contributed by atoms with Gasteiger partial charge in [-0.15, -0.1) is 0 Å². The van der Waals surface area contributed by atoms with Crippen LogP contribution in [0.3, 0.4) is 0 Å². The molecule has 0 spiro atoms. The van der Waals surface area contributed by atoms with Crippen molar-refractivity contribution in [1.82, 2.24) is 10.5 Å². The van der Waals surface area contributed by atoms with E-state index in [-0.39, 0.29) is 18.1 Å². The summed E-state index contributed by atoms with van der Waals surface area (Å²) in [6.45, 7) is 5.70. The van der Waals surface area contributed by atoms with Crippen molar-refractivity contribution >= 4 is 11.7 Å². The van der Waals surface area contributed by atoms with E-state index in [2.05, 4.69) is 20.2 Å². The topological polar surface area (TPSA) is 63.7 Å². The second-order valence-electron chi connectivity index (χ2n) is 4.70. The van der Waals surface area contributed by atoms with Crippen LogP contribution < -0.4 is 10.4 Å². The zero-order chi connectivity index (χ0) is 13.8. The van der Waals surface area contributed by atoms with E-state index < -0.39 is 0 Å². The average molecular weight is 265 g/mol. The number of nitrogens with zero attached hydrogens (tertiary/aromatic N) is 2. The molecule has 104 valence electrons. The Bertz CT molecular complexity index is 425. The largest absolute Gasteiger partial charge is 0.372 e. The van der Waals surface area contributed by atoms with E-state index in [1.165, 1.54) is 7.11 Å². The molecule has 2 rings (SSSR count). The Labute approximate surface area is 112 Å². The van der Waals surface area contributed by atoms with E-state index in [9.17, 15) is 4.79 Å². The fourth-order valence-electron chi connectivity index (χ4n) is 2.22. The number of anilines is 1. The molecule has 2 heterocycles. The first-order valence-electron chi connectivity index (χ1n) is 6.30. The van der Waals surface area contributed by atoms with Crippen molar-refractivity contribution in [2.24, 2.45) is 0 Å². The van der Waals surface area contributed by atoms with E-state index in [0.717, 1.165) is 18.9 Å². The Morgan fingerprint density at radius 3 is 2.63 bits per heavy atom. The number of pyridine rings is 1. The quantitative estimate of drug-likeness (QED) is 0.826. The molecule has 1 N–H and O–H groups in total. The number of hydrogen-bond donors (Lipinski definition) is 1. The van der Waals surface area contributed by atoms with Gasteiger partial charge in [-0.2, -0.15) is 0 Å². The number of rotatable bonds is 3. The van der Waals surface area contributed by atoms with Crippen LogP contribution in [0.4, 0.5) is 5.82 Å². The number of aromatic nitrogens is 1. The van der Waals surface area contributed by atoms with Crippen LogP contribution in [-0.4, -0.2) is 43.3 Å². The molecule has 1 fully saturated rings. The second-order valence-corrected chi connectivity index (χ2v) is 4.70. The molecule has 1 saturated heterocycles. The minimum atomic E-state index is -0.301. The molecule has 0 bridgehead atoms. The second kappa shape index (κ2) is 5.99. The van der Waals surface area contributed by atoms with Crippen molar-refractivity contribution in [2.75, 3.05) is 25.1 Å². The minimum absolute atomic E-state index is 0.182. The molecule has 1 aliphatic rings. The lowest BCUT2D eigenvalue weighted by molar-refractivity contribution is -0.00546. The van der Waals surface area contributed by atoms with Crippen LogP contribution in [0.5, 0.6) is 0 Å². The normalized spacial score (nSPS) is 23.2. The molecule has 2 unspecified atom stereocenters. The standard InChI is InChI=1S/C13H19N3O3/c1-9-7-16(8-10(2)19-9)12-5-4-11(6-14-12)13(17)15-18-3/h4-6,9-10H,7-8H2,1-3H3,(H,15,17). The highest BCUT2D eigenvalue weighted by molar-refractivity contribution is 5.93. The lowest BCUT2D eigenvalue weighted by atomic mass is 10.2. The van der Waals surface area contributed by atoms with Crippen LogP contribution in [0.15, 0.2) is 18.3 Å². The van der Waals surface area contributed by atoms with Gasteiger partial charge in [0.1, 0.15) is 5.82 Å². The van der Waals surface area contributed by atoms with Gasteiger partial charge in [0, 0.05) is 19.3 Å². The summed E-state index contributed by atoms with van der Waals surface area (Å²) in [5, 5.41) is 0. The first-order chi connectivity index (χ1) is 9.10. The van der Waals surface area contributed by atoms with Gasteiger partial charge >= 0.3 is 0 Å². The maximum atomic E-state index is 11.5. The van der Waals surface area contributed by atoms with Gasteiger partial charge in [0.25, 0.3) is 5.91 Å². The molecule has 1 aromatic heterocycles. The van der Waals surface area contributed by atoms with Crippen LogP contribution in [-0.2, 0) is 9.57 Å². The molecular formula is C13H19N3O3. The summed E-state index contributed by atoms with van der Waals surface area (Å²) in [4.78, 5) is 22.6. The number of carbonyl (C=O) groups is 1. The van der Waals surface area contributed by atoms with Crippen molar-refractivity contribution < 1.29 is 14.4 Å². The Kier molecular flexibility index (Phi) is 4.34. The number of nitrogens with one attached hydrogen (secondary N) is 1. The van der Waals surface area contributed by atoms with Gasteiger partial charge in [0.05, 0.1) is 24.9 Å². The minimum Gasteiger partial charge on any atom is -0.372 e. The molecule has 0 radical (unpaired) electrons. The molecule has 0 aliphatic carbocycles. The summed E-state index contributed by atoms with van der Waals surface area (Å²) >= 11 is 0. The van der Waals surface area contributed by atoms with Crippen molar-refractivity contribution in [3.05, 3.63) is 23.9 Å². The molecule has 6 nitrogen and oxygen atoms in total. The smallest absolute Gasteiger partial charge is 0.276 e. The molecule has 2 atom stereocenters. The maximum absolute atomic E-state index is 11.5. The summed E-state index contributed by atoms with van der Waals surface area (Å²) in [5.74, 6) is 0.557. The van der Waals surface area contributed by atoms with Gasteiger partial charge < -0.3 is 9.64 Å². The van der Waals surface area contributed by atoms with Crippen LogP contribution >= 0.6 is 0 Å². The van der Waals surface area contributed by atoms with Crippen LogP contribution in [0, 0.1) is 0 Å². The maximum Gasteiger partial charge on any atom is 0.276 e. The Hall–Kier alpha value is -1.66. The van der Waals surface area contributed by atoms with Crippen molar-refractivity contribution in [2.45, 2.75) is 26.1 Å². The molecule has 6 heteroatoms. The molecule has 0 saturated carbocycles. The predicted octanol–water partition coefficient (Wildman–Crippen LogP) is 0.986. The third-order valence-electron chi connectivity index (χ3n) is 2.95. The number of carbonyl (C=O) groups excluding carboxylic acids is 1. The van der Waals surface area contributed by atoms with Crippen molar-refractivity contribution in [3.8, 4) is 0 Å². The summed E-state index contributed by atoms with van der Waals surface area (Å²) in [6.07, 6.45) is 1.91. The first-order valence-corrected chi connectivity index (χ1v) is 6.30. The van der Waals surface area contributed by atoms with Gasteiger partial charge in [-0.25, -0.2) is 10.5 Å². The van der Waals surface area contributed by atoms with E-state index in [1.807, 2.05) is 19.9 Å². The van der Waals surface area contributed by atoms with E-state index in [4.69, 9.17) is 4.74 Å². The summed E-state index contributed by atoms with van der Waals surface area (Å²) in [5.41, 5.74) is 2.73. The SMILES string of the molecule is CONC(=O)c1ccc(N2CC(C)OC(C)C2)nc1. The highest BCUT2D eigenvalue weighted by atomic mass is 16.6. The Morgan fingerprint density at radius 1 is 1.42 bits per heavy atom. The summed E-state index contributed by atoms with van der Waals surface area (Å²) in [6, 6.07) is 3.58. The Morgan fingerprint density at radius 2 is 2.11 bits per heavy atom. The van der Waals surface area contributed by atoms with Crippen molar-refractivity contribution in [3.63, 3.8) is 0 Å². The number of morpholine rings is 1. The van der Waals surface area contributed by atoms with Gasteiger partial charge in [-0.3, -0.25) is 9.63 Å². The average Bonchev–Trinajstić information content (AvgIpc) is 2.38. The fourth-order valence-corrected chi connectivity index (χ4v) is 2.22. The van der Waals surface area contributed by atoms with Gasteiger partial charge in [0.2, 0.25) is 0 Å². The zero-order valence-corrected chi connectivity index (χ0v) is 11.4. The Balaban J connectivity index is 2.07. The molecular weight excluding hydrogens is 246 g/mol. The van der Waals surface area contributed by atoms with Gasteiger partial charge in [-0.05, 0) is 26.0 Å². The summed E-state index contributed by atoms with van der Waals surface area (Å²) < 4.78 is 5.68. The van der Waals surface area contributed by atoms with E-state index in [0.29, 0.717) is 5.56 Å². The molecule has 0 aromatic carbocycles. The lowest BCUT2D eigenvalue weighted by Gasteiger charge is -2.36. The molecule has 1 aliphatic heterocycles. The fraction of sp³-hybridized carbons (Fsp3) is 0.538. The molecule has 1 amide bonds. The van der Waals surface area contributed by atoms with Crippen LogP contribution in [0.1, 0.15) is 24.2 Å². The zero-order valence-electron chi connectivity index (χ0n) is 11.4. The predicted molar refractivity (Wildman–Crippen MR) is 70.9 cm³/mol. The lowest BCUT2D eigenvalue weighted by Crippen LogP contribution is -2.45. The van der Waals surface area contributed by atoms with Crippen molar-refractivity contribution in [1.29, 1.82) is 0 Å². The first kappa shape index (κ1) is 13.8. The number of amides is 1. The third-order valence-corrected chi connectivity index (χ3v) is 2.95. The molecule has 1 aromatic rings. The third kappa shape index (κ3) is 3.42. The van der Waals surface area contributed by atoms with Crippen LogP contribution in [0.25, 0.3) is 0 Å². The van der Waals surface area contributed by atoms with Crippen LogP contribution in [0.2, 0.25) is 0 Å². The number of hydroxylamine groups is 1. The van der Waals surface area contributed by atoms with E-state index in [1.54, 1.807) is 12.3 Å². The highest BCUT2D eigenvalue weighted by Crippen LogP contribution is 2.18. The number of hydrogen-bond acceptors (Lipinski definition) is 5. The van der Waals surface area contributed by atoms with Gasteiger partial charge in [0.15, 0.2) is 0 Å². The molecule has 19 heavy (non-hydrogen) atoms. The monoisotopic (exact) mass is 265 g/mol. The van der Waals surface area contributed by atoms with Gasteiger partial charge in [-0.1, -0.05) is 0 Å². The number of ether oxygens (including phenoxy) is 1. The summed E-state index contributed by atoms with van der Waals surface area (Å²) in [7, 11) is 1.40. The van der Waals surface area contributed by atoms with E-state index >= 15 is 0 Å².